The Balaban J connectivity index is 1.41. The van der Waals surface area contributed by atoms with Crippen molar-refractivity contribution in [3.63, 3.8) is 0 Å². The molecular formula is C22H23ClN10O. The van der Waals surface area contributed by atoms with Crippen LogP contribution >= 0.6 is 11.6 Å². The van der Waals surface area contributed by atoms with E-state index < -0.39 is 0 Å². The Morgan fingerprint density at radius 1 is 1.21 bits per heavy atom. The lowest BCUT2D eigenvalue weighted by Crippen LogP contribution is -2.19. The van der Waals surface area contributed by atoms with Gasteiger partial charge in [-0.2, -0.15) is 5.10 Å². The molecular weight excluding hydrogens is 456 g/mol. The minimum absolute atomic E-state index is 0.0484. The Morgan fingerprint density at radius 2 is 2.06 bits per heavy atom. The van der Waals surface area contributed by atoms with Gasteiger partial charge in [-0.15, -0.1) is 5.10 Å². The molecule has 0 fully saturated rings. The molecule has 4 aromatic rings. The van der Waals surface area contributed by atoms with E-state index in [2.05, 4.69) is 47.3 Å². The van der Waals surface area contributed by atoms with E-state index in [1.54, 1.807) is 60.5 Å². The first-order valence-corrected chi connectivity index (χ1v) is 10.8. The van der Waals surface area contributed by atoms with Gasteiger partial charge < -0.3 is 15.8 Å². The zero-order valence-electron chi connectivity index (χ0n) is 18.9. The van der Waals surface area contributed by atoms with Gasteiger partial charge in [-0.3, -0.25) is 4.68 Å². The number of halogens is 1. The van der Waals surface area contributed by atoms with Gasteiger partial charge in [-0.25, -0.2) is 24.6 Å². The summed E-state index contributed by atoms with van der Waals surface area (Å²) < 4.78 is 9.26. The smallest absolute Gasteiger partial charge is 0.225 e. The zero-order chi connectivity index (χ0) is 24.1. The van der Waals surface area contributed by atoms with Crippen LogP contribution in [0.4, 0.5) is 11.5 Å². The molecule has 0 unspecified atom stereocenters. The molecule has 0 bridgehead atoms. The highest BCUT2D eigenvalue weighted by molar-refractivity contribution is 6.29. The summed E-state index contributed by atoms with van der Waals surface area (Å²) in [6, 6.07) is 3.42. The van der Waals surface area contributed by atoms with Crippen LogP contribution in [0.1, 0.15) is 24.7 Å². The molecule has 0 amide bonds. The topological polar surface area (TPSA) is 134 Å². The van der Waals surface area contributed by atoms with Crippen LogP contribution in [0.2, 0.25) is 5.15 Å². The first-order chi connectivity index (χ1) is 16.4. The van der Waals surface area contributed by atoms with Crippen molar-refractivity contribution < 1.29 is 4.74 Å². The second kappa shape index (κ2) is 10.2. The van der Waals surface area contributed by atoms with Gasteiger partial charge in [0.15, 0.2) is 5.82 Å². The number of hydrogen-bond donors (Lipinski definition) is 2. The molecule has 4 heterocycles. The van der Waals surface area contributed by atoms with Gasteiger partial charge in [0.2, 0.25) is 11.7 Å². The first kappa shape index (κ1) is 23.0. The van der Waals surface area contributed by atoms with Crippen LogP contribution in [0.3, 0.4) is 0 Å². The molecule has 34 heavy (non-hydrogen) atoms. The van der Waals surface area contributed by atoms with Gasteiger partial charge in [-0.1, -0.05) is 17.5 Å². The van der Waals surface area contributed by atoms with Gasteiger partial charge in [0.1, 0.15) is 22.9 Å². The summed E-state index contributed by atoms with van der Waals surface area (Å²) in [6.07, 6.45) is 7.17. The number of nitrogens with zero attached hydrogens (tertiary/aromatic N) is 8. The predicted molar refractivity (Wildman–Crippen MR) is 128 cm³/mol. The molecule has 11 nitrogen and oxygen atoms in total. The Morgan fingerprint density at radius 3 is 2.82 bits per heavy atom. The highest BCUT2D eigenvalue weighted by Crippen LogP contribution is 2.27. The van der Waals surface area contributed by atoms with Crippen LogP contribution in [-0.4, -0.2) is 52.1 Å². The number of aryl methyl sites for hydroxylation is 2. The summed E-state index contributed by atoms with van der Waals surface area (Å²) in [6.45, 7) is 2.47. The molecule has 4 rings (SSSR count). The third kappa shape index (κ3) is 5.60. The van der Waals surface area contributed by atoms with Gasteiger partial charge in [0, 0.05) is 39.0 Å². The molecule has 0 aliphatic carbocycles. The van der Waals surface area contributed by atoms with E-state index in [9.17, 15) is 0 Å². The minimum Gasteiger partial charge on any atom is -0.477 e. The highest BCUT2D eigenvalue weighted by Gasteiger charge is 2.16. The number of nitrogens with one attached hydrogen (secondary N) is 1. The lowest BCUT2D eigenvalue weighted by Gasteiger charge is -2.17. The standard InChI is InChI=1S/C22H23ClN10O/c1-14(7-9-34-22-16(12-28-33(22)3)21-25-8-6-19(24)30-21)29-17-10-18(23)26-11-15(17)4-5-20-27-13-32(2)31-20/h6,8,10-14H,7,9H2,1-3H3,(H,26,29)(H2,24,25,30)/t14-/m0/s1. The second-order valence-corrected chi connectivity index (χ2v) is 7.91. The summed E-state index contributed by atoms with van der Waals surface area (Å²) in [5.41, 5.74) is 7.92. The highest BCUT2D eigenvalue weighted by atomic mass is 35.5. The number of hydrogen-bond acceptors (Lipinski definition) is 9. The number of pyridine rings is 1. The van der Waals surface area contributed by atoms with Crippen LogP contribution in [0.15, 0.2) is 37.1 Å². The third-order valence-corrected chi connectivity index (χ3v) is 4.98. The van der Waals surface area contributed by atoms with Crippen LogP contribution in [0.5, 0.6) is 5.88 Å². The fraction of sp³-hybridized carbons (Fsp3) is 0.273. The summed E-state index contributed by atoms with van der Waals surface area (Å²) in [5, 5.41) is 12.2. The molecule has 0 spiro atoms. The van der Waals surface area contributed by atoms with Crippen molar-refractivity contribution >= 4 is 23.1 Å². The van der Waals surface area contributed by atoms with Gasteiger partial charge in [0.25, 0.3) is 0 Å². The van der Waals surface area contributed by atoms with Crippen molar-refractivity contribution in [2.24, 2.45) is 14.1 Å². The maximum atomic E-state index is 6.11. The van der Waals surface area contributed by atoms with E-state index in [4.69, 9.17) is 22.1 Å². The third-order valence-electron chi connectivity index (χ3n) is 4.77. The Kier molecular flexibility index (Phi) is 6.89. The fourth-order valence-corrected chi connectivity index (χ4v) is 3.25. The largest absolute Gasteiger partial charge is 0.477 e. The van der Waals surface area contributed by atoms with Crippen LogP contribution in [0.25, 0.3) is 11.4 Å². The number of nitrogen functional groups attached to an aromatic ring is 1. The van der Waals surface area contributed by atoms with E-state index >= 15 is 0 Å². The maximum absolute atomic E-state index is 6.11. The molecule has 174 valence electrons. The SMILES string of the molecule is C[C@@H](CCOc1c(-c2nccc(N)n2)cnn1C)Nc1cc(Cl)ncc1C#Cc1ncn(C)n1. The summed E-state index contributed by atoms with van der Waals surface area (Å²) in [7, 11) is 3.59. The van der Waals surface area contributed by atoms with Gasteiger partial charge in [-0.05, 0) is 25.0 Å². The molecule has 0 aliphatic heterocycles. The second-order valence-electron chi connectivity index (χ2n) is 7.52. The molecule has 0 saturated heterocycles. The average Bonchev–Trinajstić information content (AvgIpc) is 3.38. The van der Waals surface area contributed by atoms with Gasteiger partial charge in [0.05, 0.1) is 24.1 Å². The van der Waals surface area contributed by atoms with Crippen molar-refractivity contribution in [2.45, 2.75) is 19.4 Å². The number of nitrogens with two attached hydrogens (primary N) is 1. The van der Waals surface area contributed by atoms with E-state index in [0.29, 0.717) is 52.7 Å². The number of rotatable bonds is 7. The number of aromatic nitrogens is 8. The molecule has 0 saturated carbocycles. The number of anilines is 2. The van der Waals surface area contributed by atoms with Crippen molar-refractivity contribution in [1.82, 2.24) is 39.5 Å². The fourth-order valence-electron chi connectivity index (χ4n) is 3.09. The first-order valence-electron chi connectivity index (χ1n) is 10.4. The quantitative estimate of drug-likeness (QED) is 0.303. The van der Waals surface area contributed by atoms with E-state index in [1.807, 2.05) is 6.92 Å². The molecule has 3 N–H and O–H groups in total. The summed E-state index contributed by atoms with van der Waals surface area (Å²) in [5.74, 6) is 7.84. The Hall–Kier alpha value is -4.17. The summed E-state index contributed by atoms with van der Waals surface area (Å²) in [4.78, 5) is 16.8. The summed E-state index contributed by atoms with van der Waals surface area (Å²) >= 11 is 6.11. The monoisotopic (exact) mass is 478 g/mol. The normalized spacial score (nSPS) is 11.5. The van der Waals surface area contributed by atoms with Crippen molar-refractivity contribution in [1.29, 1.82) is 0 Å². The molecule has 1 atom stereocenters. The van der Waals surface area contributed by atoms with E-state index in [1.165, 1.54) is 0 Å². The van der Waals surface area contributed by atoms with E-state index in [-0.39, 0.29) is 6.04 Å². The van der Waals surface area contributed by atoms with Crippen molar-refractivity contribution in [2.75, 3.05) is 17.7 Å². The van der Waals surface area contributed by atoms with E-state index in [0.717, 1.165) is 5.69 Å². The zero-order valence-corrected chi connectivity index (χ0v) is 19.7. The molecule has 12 heteroatoms. The molecule has 0 aliphatic rings. The molecule has 4 aromatic heterocycles. The van der Waals surface area contributed by atoms with Crippen molar-refractivity contribution in [3.05, 3.63) is 53.6 Å². The maximum Gasteiger partial charge on any atom is 0.225 e. The van der Waals surface area contributed by atoms with Crippen LogP contribution in [-0.2, 0) is 14.1 Å². The molecule has 0 aromatic carbocycles. The Labute approximate surface area is 201 Å². The predicted octanol–water partition coefficient (Wildman–Crippen LogP) is 2.31. The average molecular weight is 479 g/mol. The van der Waals surface area contributed by atoms with Crippen molar-refractivity contribution in [3.8, 4) is 29.1 Å². The number of ether oxygens (including phenoxy) is 1. The lowest BCUT2D eigenvalue weighted by molar-refractivity contribution is 0.280. The van der Waals surface area contributed by atoms with Crippen LogP contribution < -0.4 is 15.8 Å². The minimum atomic E-state index is 0.0484. The Bertz CT molecular complexity index is 1350. The van der Waals surface area contributed by atoms with Gasteiger partial charge >= 0.3 is 0 Å². The van der Waals surface area contributed by atoms with Crippen LogP contribution in [0, 0.1) is 11.8 Å². The lowest BCUT2D eigenvalue weighted by atomic mass is 10.2. The molecule has 0 radical (unpaired) electrons.